The zero-order chi connectivity index (χ0) is 17.4. The third-order valence-corrected chi connectivity index (χ3v) is 4.08. The second kappa shape index (κ2) is 8.28. The third-order valence-electron chi connectivity index (χ3n) is 3.10. The van der Waals surface area contributed by atoms with E-state index in [1.807, 2.05) is 30.3 Å². The number of hydrogen-bond acceptors (Lipinski definition) is 4. The topological polar surface area (TPSA) is 98.5 Å². The van der Waals surface area contributed by atoms with Gasteiger partial charge >= 0.3 is 6.09 Å². The molecule has 0 spiro atoms. The first kappa shape index (κ1) is 17.7. The molecule has 0 fully saturated rings. The van der Waals surface area contributed by atoms with Crippen molar-refractivity contribution in [3.63, 3.8) is 0 Å². The smallest absolute Gasteiger partial charge is 0.407 e. The van der Waals surface area contributed by atoms with Gasteiger partial charge in [0.25, 0.3) is 0 Å². The molecule has 0 heterocycles. The highest BCUT2D eigenvalue weighted by molar-refractivity contribution is 7.89. The van der Waals surface area contributed by atoms with Crippen molar-refractivity contribution in [3.8, 4) is 0 Å². The lowest BCUT2D eigenvalue weighted by Crippen LogP contribution is -2.24. The van der Waals surface area contributed by atoms with Gasteiger partial charge in [0.05, 0.1) is 4.90 Å². The second-order valence-electron chi connectivity index (χ2n) is 4.93. The first-order chi connectivity index (χ1) is 11.5. The number of carbonyl (C=O) groups excluding carboxylic acids is 1. The Labute approximate surface area is 141 Å². The van der Waals surface area contributed by atoms with Crippen LogP contribution in [-0.4, -0.2) is 21.1 Å². The van der Waals surface area contributed by atoms with Crippen LogP contribution in [0.15, 0.2) is 65.6 Å². The Kier molecular flexibility index (Phi) is 6.11. The quantitative estimate of drug-likeness (QED) is 0.838. The first-order valence-corrected chi connectivity index (χ1v) is 8.74. The van der Waals surface area contributed by atoms with Gasteiger partial charge in [0.1, 0.15) is 6.61 Å². The van der Waals surface area contributed by atoms with Crippen LogP contribution in [-0.2, 0) is 21.4 Å². The lowest BCUT2D eigenvalue weighted by Gasteiger charge is -2.05. The summed E-state index contributed by atoms with van der Waals surface area (Å²) in [5, 5.41) is 7.71. The van der Waals surface area contributed by atoms with E-state index in [-0.39, 0.29) is 18.0 Å². The van der Waals surface area contributed by atoms with Crippen molar-refractivity contribution in [2.24, 2.45) is 5.14 Å². The molecule has 2 rings (SSSR count). The minimum atomic E-state index is -3.79. The number of amides is 1. The maximum absolute atomic E-state index is 11.6. The number of primary sulfonamides is 1. The van der Waals surface area contributed by atoms with E-state index in [1.54, 1.807) is 30.4 Å². The fraction of sp³-hybridized carbons (Fsp3) is 0.118. The molecule has 2 aromatic carbocycles. The third kappa shape index (κ3) is 5.53. The van der Waals surface area contributed by atoms with E-state index in [9.17, 15) is 13.2 Å². The van der Waals surface area contributed by atoms with Gasteiger partial charge in [-0.1, -0.05) is 60.7 Å². The van der Waals surface area contributed by atoms with Crippen LogP contribution < -0.4 is 10.5 Å². The van der Waals surface area contributed by atoms with Crippen molar-refractivity contribution in [3.05, 3.63) is 71.8 Å². The van der Waals surface area contributed by atoms with Gasteiger partial charge in [-0.05, 0) is 17.2 Å². The maximum atomic E-state index is 11.6. The van der Waals surface area contributed by atoms with E-state index in [1.165, 1.54) is 6.07 Å². The van der Waals surface area contributed by atoms with Crippen LogP contribution in [0.25, 0.3) is 6.08 Å². The summed E-state index contributed by atoms with van der Waals surface area (Å²) in [5.41, 5.74) is 1.35. The van der Waals surface area contributed by atoms with Crippen LogP contribution >= 0.6 is 0 Å². The molecule has 1 amide bonds. The molecule has 7 heteroatoms. The van der Waals surface area contributed by atoms with Crippen molar-refractivity contribution < 1.29 is 17.9 Å². The van der Waals surface area contributed by atoms with Crippen LogP contribution in [0.5, 0.6) is 0 Å². The SMILES string of the molecule is NS(=O)(=O)c1ccccc1C=CCNC(=O)OCc1ccccc1. The molecule has 6 nitrogen and oxygen atoms in total. The largest absolute Gasteiger partial charge is 0.445 e. The van der Waals surface area contributed by atoms with E-state index in [4.69, 9.17) is 9.88 Å². The summed E-state index contributed by atoms with van der Waals surface area (Å²) < 4.78 is 28.0. The molecule has 0 atom stereocenters. The van der Waals surface area contributed by atoms with Crippen molar-refractivity contribution in [1.82, 2.24) is 5.32 Å². The van der Waals surface area contributed by atoms with Gasteiger partial charge in [-0.2, -0.15) is 0 Å². The van der Waals surface area contributed by atoms with Crippen molar-refractivity contribution in [2.45, 2.75) is 11.5 Å². The van der Waals surface area contributed by atoms with Gasteiger partial charge in [0.2, 0.25) is 10.0 Å². The summed E-state index contributed by atoms with van der Waals surface area (Å²) in [6.45, 7) is 0.386. The van der Waals surface area contributed by atoms with E-state index in [2.05, 4.69) is 5.32 Å². The highest BCUT2D eigenvalue weighted by Gasteiger charge is 2.10. The highest BCUT2D eigenvalue weighted by Crippen LogP contribution is 2.14. The Morgan fingerprint density at radius 1 is 1.08 bits per heavy atom. The molecule has 2 aromatic rings. The maximum Gasteiger partial charge on any atom is 0.407 e. The number of carbonyl (C=O) groups is 1. The molecule has 0 bridgehead atoms. The van der Waals surface area contributed by atoms with Crippen molar-refractivity contribution in [1.29, 1.82) is 0 Å². The van der Waals surface area contributed by atoms with Crippen LogP contribution in [0, 0.1) is 0 Å². The molecule has 0 radical (unpaired) electrons. The van der Waals surface area contributed by atoms with Crippen molar-refractivity contribution in [2.75, 3.05) is 6.54 Å². The van der Waals surface area contributed by atoms with Gasteiger partial charge in [0.15, 0.2) is 0 Å². The number of nitrogens with two attached hydrogens (primary N) is 1. The first-order valence-electron chi connectivity index (χ1n) is 7.20. The fourth-order valence-electron chi connectivity index (χ4n) is 1.98. The number of rotatable bonds is 6. The monoisotopic (exact) mass is 346 g/mol. The number of sulfonamides is 1. The van der Waals surface area contributed by atoms with Crippen molar-refractivity contribution >= 4 is 22.2 Å². The molecule has 126 valence electrons. The van der Waals surface area contributed by atoms with Crippen LogP contribution in [0.3, 0.4) is 0 Å². The molecule has 24 heavy (non-hydrogen) atoms. The van der Waals surface area contributed by atoms with Gasteiger partial charge in [-0.3, -0.25) is 0 Å². The second-order valence-corrected chi connectivity index (χ2v) is 6.46. The molecule has 0 aliphatic carbocycles. The predicted octanol–water partition coefficient (Wildman–Crippen LogP) is 2.27. The average molecular weight is 346 g/mol. The molecule has 0 aliphatic rings. The number of ether oxygens (including phenoxy) is 1. The van der Waals surface area contributed by atoms with Crippen LogP contribution in [0.1, 0.15) is 11.1 Å². The Morgan fingerprint density at radius 2 is 1.75 bits per heavy atom. The predicted molar refractivity (Wildman–Crippen MR) is 91.5 cm³/mol. The van der Waals surface area contributed by atoms with Crippen LogP contribution in [0.4, 0.5) is 4.79 Å². The minimum Gasteiger partial charge on any atom is -0.445 e. The summed E-state index contributed by atoms with van der Waals surface area (Å²) in [7, 11) is -3.79. The summed E-state index contributed by atoms with van der Waals surface area (Å²) >= 11 is 0. The fourth-order valence-corrected chi connectivity index (χ4v) is 2.71. The van der Waals surface area contributed by atoms with Crippen LogP contribution in [0.2, 0.25) is 0 Å². The molecular weight excluding hydrogens is 328 g/mol. The van der Waals surface area contributed by atoms with Gasteiger partial charge in [0, 0.05) is 6.54 Å². The Morgan fingerprint density at radius 3 is 2.46 bits per heavy atom. The zero-order valence-electron chi connectivity index (χ0n) is 12.9. The molecule has 0 aliphatic heterocycles. The lowest BCUT2D eigenvalue weighted by molar-refractivity contribution is 0.141. The summed E-state index contributed by atoms with van der Waals surface area (Å²) in [6, 6.07) is 15.7. The summed E-state index contributed by atoms with van der Waals surface area (Å²) in [5.74, 6) is 0. The highest BCUT2D eigenvalue weighted by atomic mass is 32.2. The normalized spacial score (nSPS) is 11.4. The lowest BCUT2D eigenvalue weighted by atomic mass is 10.2. The Balaban J connectivity index is 1.84. The number of nitrogens with one attached hydrogen (secondary N) is 1. The standard InChI is InChI=1S/C17H18N2O4S/c18-24(21,22)16-11-5-4-9-15(16)10-6-12-19-17(20)23-13-14-7-2-1-3-8-14/h1-11H,12-13H2,(H,19,20)(H2,18,21,22). The summed E-state index contributed by atoms with van der Waals surface area (Å²) in [6.07, 6.45) is 2.65. The zero-order valence-corrected chi connectivity index (χ0v) is 13.7. The van der Waals surface area contributed by atoms with Gasteiger partial charge < -0.3 is 10.1 Å². The summed E-state index contributed by atoms with van der Waals surface area (Å²) in [4.78, 5) is 11.6. The molecule has 3 N–H and O–H groups in total. The Bertz CT molecular complexity index is 817. The van der Waals surface area contributed by atoms with E-state index >= 15 is 0 Å². The number of hydrogen-bond donors (Lipinski definition) is 2. The van der Waals surface area contributed by atoms with Gasteiger partial charge in [-0.25, -0.2) is 18.4 Å². The number of alkyl carbamates (subject to hydrolysis) is 1. The molecule has 0 unspecified atom stereocenters. The number of benzene rings is 2. The average Bonchev–Trinajstić information content (AvgIpc) is 2.57. The molecule has 0 aromatic heterocycles. The van der Waals surface area contributed by atoms with E-state index in [0.717, 1.165) is 5.56 Å². The van der Waals surface area contributed by atoms with E-state index < -0.39 is 16.1 Å². The Hall–Kier alpha value is -2.64. The van der Waals surface area contributed by atoms with Gasteiger partial charge in [-0.15, -0.1) is 0 Å². The molecular formula is C17H18N2O4S. The minimum absolute atomic E-state index is 0.0351. The van der Waals surface area contributed by atoms with E-state index in [0.29, 0.717) is 5.56 Å². The molecule has 0 saturated carbocycles. The molecule has 0 saturated heterocycles.